The van der Waals surface area contributed by atoms with Crippen molar-refractivity contribution in [3.05, 3.63) is 21.9 Å². The number of hydrogen-bond donors (Lipinski definition) is 1. The highest BCUT2D eigenvalue weighted by atomic mass is 32.1. The fourth-order valence-electron chi connectivity index (χ4n) is 1.46. The average Bonchev–Trinajstić information content (AvgIpc) is 2.96. The lowest BCUT2D eigenvalue weighted by molar-refractivity contribution is 0.794. The van der Waals surface area contributed by atoms with Crippen molar-refractivity contribution in [2.24, 2.45) is 0 Å². The van der Waals surface area contributed by atoms with E-state index in [1.807, 2.05) is 6.20 Å². The fraction of sp³-hybridized carbons (Fsp3) is 0.583. The minimum atomic E-state index is 0.184. The highest BCUT2D eigenvalue weighted by Gasteiger charge is 2.13. The van der Waals surface area contributed by atoms with Crippen molar-refractivity contribution in [2.45, 2.75) is 46.1 Å². The maximum atomic E-state index is 4.48. The van der Waals surface area contributed by atoms with Gasteiger partial charge >= 0.3 is 0 Å². The van der Waals surface area contributed by atoms with E-state index in [4.69, 9.17) is 0 Å². The van der Waals surface area contributed by atoms with E-state index in [0.29, 0.717) is 5.92 Å². The van der Waals surface area contributed by atoms with Crippen LogP contribution in [0.1, 0.15) is 55.4 Å². The van der Waals surface area contributed by atoms with Crippen molar-refractivity contribution in [2.75, 3.05) is 5.32 Å². The van der Waals surface area contributed by atoms with Gasteiger partial charge in [0, 0.05) is 28.5 Å². The van der Waals surface area contributed by atoms with Gasteiger partial charge in [-0.05, 0) is 13.3 Å². The molecule has 18 heavy (non-hydrogen) atoms. The first-order valence-corrected chi connectivity index (χ1v) is 7.73. The van der Waals surface area contributed by atoms with Crippen LogP contribution in [0.3, 0.4) is 0 Å². The lowest BCUT2D eigenvalue weighted by atomic mass is 10.2. The number of nitrogens with zero attached hydrogens (tertiary/aromatic N) is 3. The second kappa shape index (κ2) is 5.75. The summed E-state index contributed by atoms with van der Waals surface area (Å²) in [6.45, 7) is 8.46. The van der Waals surface area contributed by atoms with E-state index in [1.165, 1.54) is 16.4 Å². The summed E-state index contributed by atoms with van der Waals surface area (Å²) >= 11 is 3.17. The molecule has 0 radical (unpaired) electrons. The van der Waals surface area contributed by atoms with Crippen molar-refractivity contribution in [3.63, 3.8) is 0 Å². The van der Waals surface area contributed by atoms with Gasteiger partial charge in [-0.25, -0.2) is 9.97 Å². The van der Waals surface area contributed by atoms with Crippen LogP contribution < -0.4 is 5.32 Å². The molecule has 0 aliphatic rings. The summed E-state index contributed by atoms with van der Waals surface area (Å²) in [6.07, 6.45) is 3.00. The summed E-state index contributed by atoms with van der Waals surface area (Å²) in [5.74, 6) is 1.28. The van der Waals surface area contributed by atoms with Crippen molar-refractivity contribution < 1.29 is 0 Å². The summed E-state index contributed by atoms with van der Waals surface area (Å²) in [5.41, 5.74) is 0. The van der Waals surface area contributed by atoms with Crippen LogP contribution in [0.2, 0.25) is 0 Å². The summed E-state index contributed by atoms with van der Waals surface area (Å²) in [4.78, 5) is 10.2. The first-order valence-electron chi connectivity index (χ1n) is 6.14. The normalized spacial score (nSPS) is 12.9. The van der Waals surface area contributed by atoms with Gasteiger partial charge in [-0.2, -0.15) is 4.37 Å². The Morgan fingerprint density at radius 1 is 1.33 bits per heavy atom. The van der Waals surface area contributed by atoms with E-state index < -0.39 is 0 Å². The van der Waals surface area contributed by atoms with Gasteiger partial charge in [0.05, 0.1) is 6.04 Å². The lowest BCUT2D eigenvalue weighted by Crippen LogP contribution is -2.05. The predicted octanol–water partition coefficient (Wildman–Crippen LogP) is 3.85. The Kier molecular flexibility index (Phi) is 4.29. The molecule has 0 aliphatic carbocycles. The Labute approximate surface area is 116 Å². The van der Waals surface area contributed by atoms with Crippen molar-refractivity contribution in [1.82, 2.24) is 14.3 Å². The zero-order valence-corrected chi connectivity index (χ0v) is 12.7. The Balaban J connectivity index is 2.03. The molecule has 0 spiro atoms. The van der Waals surface area contributed by atoms with E-state index in [2.05, 4.69) is 47.4 Å². The summed E-state index contributed by atoms with van der Waals surface area (Å²) in [6, 6.07) is 0.184. The molecule has 4 nitrogen and oxygen atoms in total. The van der Waals surface area contributed by atoms with E-state index in [0.717, 1.165) is 22.4 Å². The molecule has 0 fully saturated rings. The Bertz CT molecular complexity index is 504. The molecule has 0 bridgehead atoms. The van der Waals surface area contributed by atoms with Crippen LogP contribution in [0.25, 0.3) is 0 Å². The van der Waals surface area contributed by atoms with Crippen LogP contribution in [-0.4, -0.2) is 14.3 Å². The van der Waals surface area contributed by atoms with Gasteiger partial charge < -0.3 is 5.32 Å². The molecular weight excluding hydrogens is 264 g/mol. The summed E-state index contributed by atoms with van der Waals surface area (Å²) in [5, 5.41) is 5.34. The second-order valence-electron chi connectivity index (χ2n) is 4.50. The molecule has 6 heteroatoms. The van der Waals surface area contributed by atoms with Gasteiger partial charge in [-0.3, -0.25) is 0 Å². The van der Waals surface area contributed by atoms with E-state index in [1.54, 1.807) is 11.3 Å². The average molecular weight is 282 g/mol. The predicted molar refractivity (Wildman–Crippen MR) is 77.5 cm³/mol. The quantitative estimate of drug-likeness (QED) is 0.905. The summed E-state index contributed by atoms with van der Waals surface area (Å²) in [7, 11) is 0. The molecule has 98 valence electrons. The van der Waals surface area contributed by atoms with Gasteiger partial charge in [0.1, 0.15) is 10.8 Å². The fourth-order valence-corrected chi connectivity index (χ4v) is 3.12. The number of hydrogen-bond acceptors (Lipinski definition) is 6. The molecule has 1 unspecified atom stereocenters. The summed E-state index contributed by atoms with van der Waals surface area (Å²) < 4.78 is 4.33. The molecule has 2 heterocycles. The first-order chi connectivity index (χ1) is 8.60. The molecule has 0 aliphatic heterocycles. The molecule has 0 aromatic carbocycles. The maximum Gasteiger partial charge on any atom is 0.203 e. The number of rotatable bonds is 5. The zero-order valence-electron chi connectivity index (χ0n) is 11.1. The van der Waals surface area contributed by atoms with Crippen LogP contribution >= 0.6 is 22.9 Å². The zero-order chi connectivity index (χ0) is 13.1. The highest BCUT2D eigenvalue weighted by molar-refractivity contribution is 7.11. The van der Waals surface area contributed by atoms with Crippen molar-refractivity contribution in [3.8, 4) is 0 Å². The monoisotopic (exact) mass is 282 g/mol. The lowest BCUT2D eigenvalue weighted by Gasteiger charge is -2.08. The second-order valence-corrected chi connectivity index (χ2v) is 6.40. The molecule has 0 saturated carbocycles. The molecule has 2 rings (SSSR count). The van der Waals surface area contributed by atoms with E-state index in [9.17, 15) is 0 Å². The molecule has 1 N–H and O–H groups in total. The number of aromatic nitrogens is 3. The Hall–Kier alpha value is -1.01. The minimum Gasteiger partial charge on any atom is -0.351 e. The third-order valence-corrected chi connectivity index (χ3v) is 4.57. The van der Waals surface area contributed by atoms with Gasteiger partial charge in [0.15, 0.2) is 0 Å². The first kappa shape index (κ1) is 13.4. The molecule has 0 amide bonds. The molecule has 1 atom stereocenters. The number of anilines is 1. The number of nitrogens with one attached hydrogen (secondary N) is 1. The Morgan fingerprint density at radius 3 is 2.67 bits per heavy atom. The maximum absolute atomic E-state index is 4.48. The number of aryl methyl sites for hydroxylation is 1. The van der Waals surface area contributed by atoms with Crippen molar-refractivity contribution >= 4 is 28.0 Å². The van der Waals surface area contributed by atoms with E-state index in [-0.39, 0.29) is 6.04 Å². The van der Waals surface area contributed by atoms with Gasteiger partial charge in [-0.15, -0.1) is 11.3 Å². The smallest absolute Gasteiger partial charge is 0.203 e. The van der Waals surface area contributed by atoms with Crippen LogP contribution in [0.4, 0.5) is 5.13 Å². The van der Waals surface area contributed by atoms with Crippen LogP contribution in [-0.2, 0) is 6.42 Å². The number of thiazole rings is 1. The van der Waals surface area contributed by atoms with Crippen LogP contribution in [0.5, 0.6) is 0 Å². The van der Waals surface area contributed by atoms with E-state index >= 15 is 0 Å². The highest BCUT2D eigenvalue weighted by Crippen LogP contribution is 2.25. The standard InChI is InChI=1S/C12H18N4S2/c1-5-9-6-13-11(17-9)8(4)14-12-15-10(7(2)3)16-18-12/h6-8H,5H2,1-4H3,(H,14,15,16). The molecule has 2 aromatic rings. The van der Waals surface area contributed by atoms with Gasteiger partial charge in [0.2, 0.25) is 5.13 Å². The van der Waals surface area contributed by atoms with Crippen molar-refractivity contribution in [1.29, 1.82) is 0 Å². The van der Waals surface area contributed by atoms with Gasteiger partial charge in [-0.1, -0.05) is 20.8 Å². The SMILES string of the molecule is CCc1cnc(C(C)Nc2nc(C(C)C)ns2)s1. The Morgan fingerprint density at radius 2 is 2.11 bits per heavy atom. The molecular formula is C12H18N4S2. The molecule has 0 saturated heterocycles. The third kappa shape index (κ3) is 3.05. The largest absolute Gasteiger partial charge is 0.351 e. The minimum absolute atomic E-state index is 0.184. The van der Waals surface area contributed by atoms with Crippen LogP contribution in [0, 0.1) is 0 Å². The van der Waals surface area contributed by atoms with Crippen LogP contribution in [0.15, 0.2) is 6.20 Å². The molecule has 2 aromatic heterocycles. The van der Waals surface area contributed by atoms with Gasteiger partial charge in [0.25, 0.3) is 0 Å². The topological polar surface area (TPSA) is 50.7 Å². The third-order valence-electron chi connectivity index (χ3n) is 2.59.